The monoisotopic (exact) mass is 654 g/mol. The summed E-state index contributed by atoms with van der Waals surface area (Å²) >= 11 is 6.68. The lowest BCUT2D eigenvalue weighted by atomic mass is 9.93. The van der Waals surface area contributed by atoms with Gasteiger partial charge in [0.15, 0.2) is 0 Å². The second-order valence-corrected chi connectivity index (χ2v) is 12.4. The van der Waals surface area contributed by atoms with Crippen molar-refractivity contribution < 1.29 is 33.6 Å². The average Bonchev–Trinajstić information content (AvgIpc) is 3.46. The maximum Gasteiger partial charge on any atom is 0.323 e. The van der Waals surface area contributed by atoms with Crippen LogP contribution in [0.2, 0.25) is 5.02 Å². The third kappa shape index (κ3) is 8.12. The molecule has 1 heterocycles. The number of aliphatic hydroxyl groups excluding tert-OH is 1. The number of nitrogens with one attached hydrogen (secondary N) is 1. The molecule has 2 atom stereocenters. The summed E-state index contributed by atoms with van der Waals surface area (Å²) in [7, 11) is 0. The molecule has 3 aromatic rings. The molecule has 0 bridgehead atoms. The summed E-state index contributed by atoms with van der Waals surface area (Å²) < 4.78 is 32.0. The predicted molar refractivity (Wildman–Crippen MR) is 177 cm³/mol. The van der Waals surface area contributed by atoms with Gasteiger partial charge in [-0.05, 0) is 85.9 Å². The van der Waals surface area contributed by atoms with E-state index in [2.05, 4.69) is 41.4 Å². The lowest BCUT2D eigenvalue weighted by Gasteiger charge is -2.28. The number of benzene rings is 3. The second kappa shape index (κ2) is 16.0. The SMILES string of the molecule is CCOc1cc(O[C@H]2CCc3c(-c4cccc(OCCCN5CCC(F)CC5)c4C)cccc32)c(Cl)cc1CN[C@@H](CO)C(=O)O. The maximum absolute atomic E-state index is 13.4. The standard InChI is InChI=1S/C36H44ClFN2O6/c1-3-44-34-20-35(30(37)19-24(34)21-39-31(22-41)36(42)43)46-33-12-11-28-27(8-4-9-29(28)33)26-7-5-10-32(23(26)2)45-18-6-15-40-16-13-25(38)14-17-40/h4-5,7-10,19-20,25,31,33,39,41H,3,6,11-18,21-22H2,1-2H3,(H,42,43)/t31-,33-/m0/s1. The zero-order valence-electron chi connectivity index (χ0n) is 26.6. The van der Waals surface area contributed by atoms with Gasteiger partial charge in [0.25, 0.3) is 0 Å². The summed E-state index contributed by atoms with van der Waals surface area (Å²) in [6.45, 7) is 7.19. The molecule has 1 aliphatic heterocycles. The Morgan fingerprint density at radius 3 is 2.57 bits per heavy atom. The third-order valence-electron chi connectivity index (χ3n) is 8.89. The molecule has 10 heteroatoms. The number of hydrogen-bond acceptors (Lipinski definition) is 7. The van der Waals surface area contributed by atoms with Gasteiger partial charge in [0, 0.05) is 37.8 Å². The first-order valence-corrected chi connectivity index (χ1v) is 16.6. The van der Waals surface area contributed by atoms with Crippen LogP contribution in [-0.4, -0.2) is 72.8 Å². The molecule has 5 rings (SSSR count). The van der Waals surface area contributed by atoms with Gasteiger partial charge in [0.1, 0.15) is 35.6 Å². The summed E-state index contributed by atoms with van der Waals surface area (Å²) in [5.41, 5.74) is 6.43. The zero-order valence-corrected chi connectivity index (χ0v) is 27.3. The highest BCUT2D eigenvalue weighted by molar-refractivity contribution is 6.32. The van der Waals surface area contributed by atoms with E-state index in [1.54, 1.807) is 12.1 Å². The quantitative estimate of drug-likeness (QED) is 0.159. The van der Waals surface area contributed by atoms with Crippen LogP contribution >= 0.6 is 11.6 Å². The number of hydrogen-bond donors (Lipinski definition) is 3. The fourth-order valence-corrected chi connectivity index (χ4v) is 6.59. The second-order valence-electron chi connectivity index (χ2n) is 11.9. The van der Waals surface area contributed by atoms with Gasteiger partial charge in [-0.1, -0.05) is 41.9 Å². The highest BCUT2D eigenvalue weighted by atomic mass is 35.5. The number of likely N-dealkylation sites (tertiary alicyclic amines) is 1. The van der Waals surface area contributed by atoms with Gasteiger partial charge in [-0.2, -0.15) is 0 Å². The largest absolute Gasteiger partial charge is 0.493 e. The van der Waals surface area contributed by atoms with Crippen molar-refractivity contribution >= 4 is 17.6 Å². The molecule has 0 radical (unpaired) electrons. The first-order valence-electron chi connectivity index (χ1n) is 16.2. The molecule has 3 N–H and O–H groups in total. The number of aliphatic carboxylic acids is 1. The molecular weight excluding hydrogens is 611 g/mol. The van der Waals surface area contributed by atoms with Gasteiger partial charge in [0.05, 0.1) is 24.8 Å². The first-order chi connectivity index (χ1) is 22.3. The van der Waals surface area contributed by atoms with Crippen molar-refractivity contribution in [2.45, 2.75) is 70.8 Å². The van der Waals surface area contributed by atoms with Crippen LogP contribution in [0.4, 0.5) is 4.39 Å². The number of carbonyl (C=O) groups is 1. The molecule has 8 nitrogen and oxygen atoms in total. The van der Waals surface area contributed by atoms with Gasteiger partial charge >= 0.3 is 5.97 Å². The van der Waals surface area contributed by atoms with E-state index < -0.39 is 24.8 Å². The first kappa shape index (κ1) is 34.0. The minimum atomic E-state index is -1.14. The Labute approximate surface area is 275 Å². The van der Waals surface area contributed by atoms with E-state index in [1.807, 2.05) is 19.1 Å². The van der Waals surface area contributed by atoms with E-state index in [0.29, 0.717) is 48.1 Å². The maximum atomic E-state index is 13.4. The predicted octanol–water partition coefficient (Wildman–Crippen LogP) is 6.52. The molecule has 2 aliphatic rings. The minimum Gasteiger partial charge on any atom is -0.493 e. The molecule has 1 fully saturated rings. The molecule has 0 unspecified atom stereocenters. The van der Waals surface area contributed by atoms with Crippen LogP contribution < -0.4 is 19.5 Å². The van der Waals surface area contributed by atoms with Crippen molar-refractivity contribution in [2.75, 3.05) is 39.5 Å². The summed E-state index contributed by atoms with van der Waals surface area (Å²) in [5.74, 6) is 0.777. The van der Waals surface area contributed by atoms with Gasteiger partial charge < -0.3 is 29.3 Å². The van der Waals surface area contributed by atoms with Crippen LogP contribution in [0.1, 0.15) is 61.0 Å². The number of nitrogens with zero attached hydrogens (tertiary/aromatic N) is 1. The van der Waals surface area contributed by atoms with Crippen molar-refractivity contribution in [1.82, 2.24) is 10.2 Å². The van der Waals surface area contributed by atoms with E-state index in [1.165, 1.54) is 11.1 Å². The number of aliphatic hydroxyl groups is 1. The van der Waals surface area contributed by atoms with Crippen LogP contribution in [0.3, 0.4) is 0 Å². The Morgan fingerprint density at radius 2 is 1.83 bits per heavy atom. The van der Waals surface area contributed by atoms with Crippen molar-refractivity contribution in [3.8, 4) is 28.4 Å². The molecule has 3 aromatic carbocycles. The van der Waals surface area contributed by atoms with Crippen molar-refractivity contribution in [3.63, 3.8) is 0 Å². The van der Waals surface area contributed by atoms with Gasteiger partial charge in [-0.25, -0.2) is 4.39 Å². The van der Waals surface area contributed by atoms with Crippen LogP contribution in [0, 0.1) is 6.92 Å². The minimum absolute atomic E-state index is 0.157. The van der Waals surface area contributed by atoms with Crippen molar-refractivity contribution in [1.29, 1.82) is 0 Å². The summed E-state index contributed by atoms with van der Waals surface area (Å²) in [5, 5.41) is 21.8. The molecular formula is C36H44ClFN2O6. The third-order valence-corrected chi connectivity index (χ3v) is 9.18. The number of carboxylic acids is 1. The van der Waals surface area contributed by atoms with Gasteiger partial charge in [-0.15, -0.1) is 0 Å². The molecule has 1 aliphatic carbocycles. The van der Waals surface area contributed by atoms with Gasteiger partial charge in [0.2, 0.25) is 0 Å². The number of ether oxygens (including phenoxy) is 3. The number of alkyl halides is 1. The fourth-order valence-electron chi connectivity index (χ4n) is 6.36. The van der Waals surface area contributed by atoms with Crippen LogP contribution in [0.25, 0.3) is 11.1 Å². The van der Waals surface area contributed by atoms with E-state index in [9.17, 15) is 19.4 Å². The Balaban J connectivity index is 1.28. The topological polar surface area (TPSA) is 100 Å². The Bertz CT molecular complexity index is 1500. The van der Waals surface area contributed by atoms with E-state index >= 15 is 0 Å². The molecule has 248 valence electrons. The van der Waals surface area contributed by atoms with Crippen LogP contribution in [0.5, 0.6) is 17.2 Å². The molecule has 0 amide bonds. The Hall–Kier alpha value is -3.37. The zero-order chi connectivity index (χ0) is 32.6. The van der Waals surface area contributed by atoms with Crippen molar-refractivity contribution in [3.05, 3.63) is 75.8 Å². The average molecular weight is 655 g/mol. The lowest BCUT2D eigenvalue weighted by Crippen LogP contribution is -2.39. The smallest absolute Gasteiger partial charge is 0.323 e. The number of fused-ring (bicyclic) bond motifs is 1. The Kier molecular flexibility index (Phi) is 11.8. The molecule has 46 heavy (non-hydrogen) atoms. The Morgan fingerprint density at radius 1 is 1.07 bits per heavy atom. The molecule has 1 saturated heterocycles. The number of piperidine rings is 1. The van der Waals surface area contributed by atoms with E-state index in [4.69, 9.17) is 25.8 Å². The van der Waals surface area contributed by atoms with E-state index in [-0.39, 0.29) is 12.6 Å². The van der Waals surface area contributed by atoms with Crippen molar-refractivity contribution in [2.24, 2.45) is 0 Å². The van der Waals surface area contributed by atoms with Crippen LogP contribution in [0.15, 0.2) is 48.5 Å². The normalized spacial score (nSPS) is 17.5. The molecule has 0 saturated carbocycles. The summed E-state index contributed by atoms with van der Waals surface area (Å²) in [6.07, 6.45) is 2.95. The molecule has 0 spiro atoms. The highest BCUT2D eigenvalue weighted by Gasteiger charge is 2.28. The number of rotatable bonds is 15. The number of halogens is 2. The van der Waals surface area contributed by atoms with E-state index in [0.717, 1.165) is 61.3 Å². The highest BCUT2D eigenvalue weighted by Crippen LogP contribution is 2.44. The fraction of sp³-hybridized carbons (Fsp3) is 0.472. The summed E-state index contributed by atoms with van der Waals surface area (Å²) in [6, 6.07) is 14.9. The summed E-state index contributed by atoms with van der Waals surface area (Å²) in [4.78, 5) is 13.6. The van der Waals surface area contributed by atoms with Crippen LogP contribution in [-0.2, 0) is 17.8 Å². The lowest BCUT2D eigenvalue weighted by molar-refractivity contribution is -0.140. The van der Waals surface area contributed by atoms with Gasteiger partial charge in [-0.3, -0.25) is 10.1 Å². The number of carboxylic acid groups (broad SMARTS) is 1. The molecule has 0 aromatic heterocycles.